The molecule has 0 aliphatic carbocycles. The van der Waals surface area contributed by atoms with Crippen LogP contribution in [0, 0.1) is 0 Å². The molecule has 1 N–H and O–H groups in total. The predicted octanol–water partition coefficient (Wildman–Crippen LogP) is 2.88. The summed E-state index contributed by atoms with van der Waals surface area (Å²) in [5.74, 6) is 0.323. The number of benzene rings is 2. The molecule has 136 valence electrons. The van der Waals surface area contributed by atoms with Crippen molar-refractivity contribution in [3.63, 3.8) is 0 Å². The van der Waals surface area contributed by atoms with Gasteiger partial charge in [-0.3, -0.25) is 9.59 Å². The molecule has 6 nitrogen and oxygen atoms in total. The predicted molar refractivity (Wildman–Crippen MR) is 102 cm³/mol. The van der Waals surface area contributed by atoms with E-state index in [1.54, 1.807) is 36.3 Å². The average Bonchev–Trinajstić information content (AvgIpc) is 2.68. The van der Waals surface area contributed by atoms with Gasteiger partial charge < -0.3 is 19.9 Å². The van der Waals surface area contributed by atoms with Gasteiger partial charge >= 0.3 is 0 Å². The summed E-state index contributed by atoms with van der Waals surface area (Å²) in [6.07, 6.45) is 0.877. The summed E-state index contributed by atoms with van der Waals surface area (Å²) < 4.78 is 5.37. The molecule has 1 fully saturated rings. The monoisotopic (exact) mass is 373 g/mol. The van der Waals surface area contributed by atoms with Crippen molar-refractivity contribution in [1.82, 2.24) is 4.90 Å². The van der Waals surface area contributed by atoms with E-state index in [1.807, 2.05) is 18.2 Å². The van der Waals surface area contributed by atoms with E-state index in [0.717, 1.165) is 25.2 Å². The molecule has 1 aliphatic rings. The Bertz CT molecular complexity index is 804. The first-order valence-electron chi connectivity index (χ1n) is 8.30. The van der Waals surface area contributed by atoms with E-state index in [2.05, 4.69) is 10.2 Å². The molecule has 1 saturated heterocycles. The van der Waals surface area contributed by atoms with Crippen LogP contribution in [0.3, 0.4) is 0 Å². The zero-order valence-corrected chi connectivity index (χ0v) is 15.2. The van der Waals surface area contributed by atoms with Crippen molar-refractivity contribution in [2.24, 2.45) is 0 Å². The van der Waals surface area contributed by atoms with Crippen molar-refractivity contribution in [2.75, 3.05) is 43.5 Å². The first-order chi connectivity index (χ1) is 12.6. The SMILES string of the molecule is COc1ccc(N2CCN(C=O)CC2)cc1NC(=O)c1cccc(Cl)c1. The zero-order valence-electron chi connectivity index (χ0n) is 14.4. The summed E-state index contributed by atoms with van der Waals surface area (Å²) in [5.41, 5.74) is 2.04. The minimum atomic E-state index is -0.256. The number of ether oxygens (including phenoxy) is 1. The van der Waals surface area contributed by atoms with Crippen LogP contribution in [0.25, 0.3) is 0 Å². The number of carbonyl (C=O) groups is 2. The molecule has 0 spiro atoms. The first-order valence-corrected chi connectivity index (χ1v) is 8.68. The molecule has 26 heavy (non-hydrogen) atoms. The van der Waals surface area contributed by atoms with Crippen LogP contribution in [0.2, 0.25) is 5.02 Å². The third-order valence-electron chi connectivity index (χ3n) is 4.35. The average molecular weight is 374 g/mol. The number of methoxy groups -OCH3 is 1. The zero-order chi connectivity index (χ0) is 18.5. The van der Waals surface area contributed by atoms with Crippen molar-refractivity contribution < 1.29 is 14.3 Å². The highest BCUT2D eigenvalue weighted by Crippen LogP contribution is 2.30. The van der Waals surface area contributed by atoms with Crippen molar-refractivity contribution >= 4 is 35.3 Å². The van der Waals surface area contributed by atoms with Gasteiger partial charge in [-0.25, -0.2) is 0 Å². The lowest BCUT2D eigenvalue weighted by Crippen LogP contribution is -2.45. The van der Waals surface area contributed by atoms with Gasteiger partial charge in [0.1, 0.15) is 5.75 Å². The lowest BCUT2D eigenvalue weighted by atomic mass is 10.2. The summed E-state index contributed by atoms with van der Waals surface area (Å²) in [7, 11) is 1.56. The van der Waals surface area contributed by atoms with Crippen molar-refractivity contribution in [1.29, 1.82) is 0 Å². The second-order valence-corrected chi connectivity index (χ2v) is 6.41. The molecule has 7 heteroatoms. The highest BCUT2D eigenvalue weighted by atomic mass is 35.5. The minimum Gasteiger partial charge on any atom is -0.495 e. The number of rotatable bonds is 5. The first kappa shape index (κ1) is 18.1. The molecule has 2 amide bonds. The third-order valence-corrected chi connectivity index (χ3v) is 4.58. The Balaban J connectivity index is 1.79. The van der Waals surface area contributed by atoms with E-state index < -0.39 is 0 Å². The maximum Gasteiger partial charge on any atom is 0.255 e. The highest BCUT2D eigenvalue weighted by Gasteiger charge is 2.18. The van der Waals surface area contributed by atoms with E-state index in [0.29, 0.717) is 35.1 Å². The van der Waals surface area contributed by atoms with Crippen LogP contribution in [0.5, 0.6) is 5.75 Å². The number of anilines is 2. The number of nitrogens with zero attached hydrogens (tertiary/aromatic N) is 2. The molecule has 0 unspecified atom stereocenters. The molecule has 0 bridgehead atoms. The molecular weight excluding hydrogens is 354 g/mol. The molecule has 2 aromatic carbocycles. The summed E-state index contributed by atoms with van der Waals surface area (Å²) in [6, 6.07) is 12.4. The number of piperazine rings is 1. The van der Waals surface area contributed by atoms with Crippen molar-refractivity contribution in [3.05, 3.63) is 53.1 Å². The molecule has 3 rings (SSSR count). The van der Waals surface area contributed by atoms with Crippen LogP contribution < -0.4 is 15.0 Å². The highest BCUT2D eigenvalue weighted by molar-refractivity contribution is 6.31. The molecule has 0 saturated carbocycles. The summed E-state index contributed by atoms with van der Waals surface area (Å²) in [5, 5.41) is 3.39. The van der Waals surface area contributed by atoms with Gasteiger partial charge in [0.2, 0.25) is 6.41 Å². The van der Waals surface area contributed by atoms with Gasteiger partial charge in [-0.1, -0.05) is 17.7 Å². The standard InChI is InChI=1S/C19H20ClN3O3/c1-26-18-6-5-16(23-9-7-22(13-24)8-10-23)12-17(18)21-19(25)14-3-2-4-15(20)11-14/h2-6,11-13H,7-10H2,1H3,(H,21,25). The smallest absolute Gasteiger partial charge is 0.255 e. The summed E-state index contributed by atoms with van der Waals surface area (Å²) in [4.78, 5) is 27.3. The van der Waals surface area contributed by atoms with Gasteiger partial charge in [-0.15, -0.1) is 0 Å². The number of hydrogen-bond acceptors (Lipinski definition) is 4. The van der Waals surface area contributed by atoms with Gasteiger partial charge in [-0.2, -0.15) is 0 Å². The van der Waals surface area contributed by atoms with E-state index in [9.17, 15) is 9.59 Å². The molecule has 0 radical (unpaired) electrons. The molecule has 0 aromatic heterocycles. The third kappa shape index (κ3) is 4.08. The van der Waals surface area contributed by atoms with Crippen LogP contribution >= 0.6 is 11.6 Å². The Morgan fingerprint density at radius 3 is 2.58 bits per heavy atom. The fourth-order valence-corrected chi connectivity index (χ4v) is 3.09. The summed E-state index contributed by atoms with van der Waals surface area (Å²) in [6.45, 7) is 2.85. The molecular formula is C19H20ClN3O3. The van der Waals surface area contributed by atoms with Crippen LogP contribution in [0.15, 0.2) is 42.5 Å². The Morgan fingerprint density at radius 1 is 1.15 bits per heavy atom. The maximum absolute atomic E-state index is 12.5. The van der Waals surface area contributed by atoms with E-state index in [4.69, 9.17) is 16.3 Å². The number of halogens is 1. The largest absolute Gasteiger partial charge is 0.495 e. The van der Waals surface area contributed by atoms with Gasteiger partial charge in [0.25, 0.3) is 5.91 Å². The van der Waals surface area contributed by atoms with E-state index in [1.165, 1.54) is 0 Å². The molecule has 1 heterocycles. The number of amides is 2. The Kier molecular flexibility index (Phi) is 5.63. The van der Waals surface area contributed by atoms with Crippen molar-refractivity contribution in [3.8, 4) is 5.75 Å². The Morgan fingerprint density at radius 2 is 1.92 bits per heavy atom. The van der Waals surface area contributed by atoms with Crippen LogP contribution in [-0.4, -0.2) is 50.5 Å². The number of nitrogens with one attached hydrogen (secondary N) is 1. The number of carbonyl (C=O) groups excluding carboxylic acids is 2. The van der Waals surface area contributed by atoms with Crippen LogP contribution in [0.1, 0.15) is 10.4 Å². The van der Waals surface area contributed by atoms with Gasteiger partial charge in [-0.05, 0) is 36.4 Å². The molecule has 1 aliphatic heterocycles. The second-order valence-electron chi connectivity index (χ2n) is 5.98. The maximum atomic E-state index is 12.5. The topological polar surface area (TPSA) is 61.9 Å². The van der Waals surface area contributed by atoms with Crippen molar-refractivity contribution in [2.45, 2.75) is 0 Å². The van der Waals surface area contributed by atoms with E-state index in [-0.39, 0.29) is 5.91 Å². The minimum absolute atomic E-state index is 0.256. The lowest BCUT2D eigenvalue weighted by Gasteiger charge is -2.34. The normalized spacial score (nSPS) is 14.1. The Hall–Kier alpha value is -2.73. The second kappa shape index (κ2) is 8.10. The lowest BCUT2D eigenvalue weighted by molar-refractivity contribution is -0.118. The fraction of sp³-hybridized carbons (Fsp3) is 0.263. The number of hydrogen-bond donors (Lipinski definition) is 1. The van der Waals surface area contributed by atoms with Gasteiger partial charge in [0, 0.05) is 42.5 Å². The van der Waals surface area contributed by atoms with Crippen LogP contribution in [0.4, 0.5) is 11.4 Å². The van der Waals surface area contributed by atoms with Gasteiger partial charge in [0.05, 0.1) is 12.8 Å². The Labute approximate surface area is 157 Å². The van der Waals surface area contributed by atoms with Crippen LogP contribution in [-0.2, 0) is 4.79 Å². The summed E-state index contributed by atoms with van der Waals surface area (Å²) >= 11 is 5.96. The molecule has 2 aromatic rings. The fourth-order valence-electron chi connectivity index (χ4n) is 2.90. The quantitative estimate of drug-likeness (QED) is 0.819. The van der Waals surface area contributed by atoms with Gasteiger partial charge in [0.15, 0.2) is 0 Å². The molecule has 0 atom stereocenters. The van der Waals surface area contributed by atoms with E-state index >= 15 is 0 Å².